The Balaban J connectivity index is 3.35. The third kappa shape index (κ3) is 2.55. The summed E-state index contributed by atoms with van der Waals surface area (Å²) in [6.45, 7) is 1.20. The highest BCUT2D eigenvalue weighted by atomic mass is 19.4. The summed E-state index contributed by atoms with van der Waals surface area (Å²) in [6.07, 6.45) is -4.91. The Morgan fingerprint density at radius 3 is 2.47 bits per heavy atom. The minimum Gasteiger partial charge on any atom is -0.476 e. The number of esters is 1. The van der Waals surface area contributed by atoms with Crippen molar-refractivity contribution in [3.8, 4) is 0 Å². The van der Waals surface area contributed by atoms with E-state index in [4.69, 9.17) is 5.11 Å². The third-order valence-electron chi connectivity index (χ3n) is 1.73. The number of carboxylic acids is 1. The van der Waals surface area contributed by atoms with Crippen LogP contribution in [0.15, 0.2) is 0 Å². The summed E-state index contributed by atoms with van der Waals surface area (Å²) in [6, 6.07) is 0. The maximum atomic E-state index is 12.5. The fraction of sp³-hybridized carbons (Fsp3) is 0.375. The summed E-state index contributed by atoms with van der Waals surface area (Å²) < 4.78 is 41.7. The van der Waals surface area contributed by atoms with Gasteiger partial charge in [-0.1, -0.05) is 0 Å². The number of carbonyl (C=O) groups is 2. The number of aromatic amines is 1. The summed E-state index contributed by atoms with van der Waals surface area (Å²) in [5.41, 5.74) is -3.67. The van der Waals surface area contributed by atoms with Crippen LogP contribution in [-0.2, 0) is 10.9 Å². The van der Waals surface area contributed by atoms with E-state index < -0.39 is 35.1 Å². The predicted molar refractivity (Wildman–Crippen MR) is 46.5 cm³/mol. The number of nitrogens with one attached hydrogen (secondary N) is 1. The van der Waals surface area contributed by atoms with Crippen molar-refractivity contribution in [2.75, 3.05) is 6.61 Å². The van der Waals surface area contributed by atoms with Gasteiger partial charge < -0.3 is 9.84 Å². The first kappa shape index (κ1) is 13.0. The molecule has 6 nitrogen and oxygen atoms in total. The normalized spacial score (nSPS) is 11.3. The molecule has 0 aromatic carbocycles. The number of hydrogen-bond acceptors (Lipinski definition) is 4. The van der Waals surface area contributed by atoms with E-state index in [2.05, 4.69) is 9.84 Å². The molecule has 2 N–H and O–H groups in total. The van der Waals surface area contributed by atoms with Crippen molar-refractivity contribution in [3.63, 3.8) is 0 Å². The van der Waals surface area contributed by atoms with Crippen molar-refractivity contribution < 1.29 is 32.6 Å². The van der Waals surface area contributed by atoms with E-state index in [1.165, 1.54) is 12.0 Å². The number of nitrogens with zero attached hydrogens (tertiary/aromatic N) is 1. The molecule has 0 saturated heterocycles. The Labute approximate surface area is 92.4 Å². The van der Waals surface area contributed by atoms with Crippen LogP contribution in [0.3, 0.4) is 0 Å². The highest BCUT2D eigenvalue weighted by Gasteiger charge is 2.41. The van der Waals surface area contributed by atoms with E-state index in [0.717, 1.165) is 0 Å². The molecule has 0 radical (unpaired) electrons. The second kappa shape index (κ2) is 4.44. The number of ether oxygens (including phenoxy) is 1. The second-order valence-corrected chi connectivity index (χ2v) is 2.85. The van der Waals surface area contributed by atoms with Crippen molar-refractivity contribution in [1.82, 2.24) is 10.2 Å². The number of hydrogen-bond donors (Lipinski definition) is 2. The number of carboxylic acid groups (broad SMARTS) is 1. The van der Waals surface area contributed by atoms with Crippen molar-refractivity contribution in [2.45, 2.75) is 13.1 Å². The minimum atomic E-state index is -4.91. The van der Waals surface area contributed by atoms with Gasteiger partial charge in [0, 0.05) is 0 Å². The molecule has 9 heteroatoms. The molecule has 1 aromatic rings. The van der Waals surface area contributed by atoms with E-state index >= 15 is 0 Å². The Kier molecular flexibility index (Phi) is 3.39. The minimum absolute atomic E-state index is 0.180. The molecule has 0 spiro atoms. The van der Waals surface area contributed by atoms with Crippen LogP contribution in [0.4, 0.5) is 13.2 Å². The third-order valence-corrected chi connectivity index (χ3v) is 1.73. The van der Waals surface area contributed by atoms with Gasteiger partial charge in [-0.05, 0) is 6.92 Å². The topological polar surface area (TPSA) is 92.3 Å². The van der Waals surface area contributed by atoms with Crippen molar-refractivity contribution in [2.24, 2.45) is 0 Å². The zero-order valence-electron chi connectivity index (χ0n) is 8.46. The SMILES string of the molecule is CCOC(=O)c1c(C(=O)O)n[nH]c1C(F)(F)F. The van der Waals surface area contributed by atoms with Crippen LogP contribution >= 0.6 is 0 Å². The monoisotopic (exact) mass is 252 g/mol. The molecule has 1 heterocycles. The molecule has 0 bridgehead atoms. The molecule has 0 amide bonds. The lowest BCUT2D eigenvalue weighted by Crippen LogP contribution is -2.16. The Morgan fingerprint density at radius 1 is 1.47 bits per heavy atom. The highest BCUT2D eigenvalue weighted by molar-refractivity contribution is 6.02. The summed E-state index contributed by atoms with van der Waals surface area (Å²) in [7, 11) is 0. The van der Waals surface area contributed by atoms with Gasteiger partial charge in [-0.25, -0.2) is 9.59 Å². The summed E-state index contributed by atoms with van der Waals surface area (Å²) >= 11 is 0. The Morgan fingerprint density at radius 2 is 2.06 bits per heavy atom. The number of rotatable bonds is 3. The average molecular weight is 252 g/mol. The number of aromatic carboxylic acids is 1. The van der Waals surface area contributed by atoms with E-state index in [9.17, 15) is 22.8 Å². The fourth-order valence-corrected chi connectivity index (χ4v) is 1.10. The standard InChI is InChI=1S/C8H7F3N2O4/c1-2-17-7(16)3-4(6(14)15)12-13-5(3)8(9,10)11/h2H2,1H3,(H,12,13)(H,14,15). The number of halogens is 3. The van der Waals surface area contributed by atoms with E-state index in [-0.39, 0.29) is 6.61 Å². The van der Waals surface area contributed by atoms with Gasteiger partial charge in [-0.15, -0.1) is 0 Å². The van der Waals surface area contributed by atoms with Gasteiger partial charge in [0.15, 0.2) is 11.4 Å². The molecular weight excluding hydrogens is 245 g/mol. The first-order valence-corrected chi connectivity index (χ1v) is 4.35. The van der Waals surface area contributed by atoms with Crippen LogP contribution in [0, 0.1) is 0 Å². The van der Waals surface area contributed by atoms with Crippen LogP contribution < -0.4 is 0 Å². The zero-order valence-corrected chi connectivity index (χ0v) is 8.46. The van der Waals surface area contributed by atoms with Crippen LogP contribution in [0.1, 0.15) is 33.5 Å². The van der Waals surface area contributed by atoms with Gasteiger partial charge in [0.25, 0.3) is 0 Å². The molecule has 0 saturated carbocycles. The molecule has 94 valence electrons. The lowest BCUT2D eigenvalue weighted by Gasteiger charge is -2.06. The van der Waals surface area contributed by atoms with E-state index in [0.29, 0.717) is 0 Å². The van der Waals surface area contributed by atoms with Gasteiger partial charge in [0.2, 0.25) is 0 Å². The first-order valence-electron chi connectivity index (χ1n) is 4.35. The molecule has 0 aliphatic carbocycles. The van der Waals surface area contributed by atoms with Crippen LogP contribution in [-0.4, -0.2) is 33.8 Å². The maximum absolute atomic E-state index is 12.5. The molecule has 0 aliphatic heterocycles. The largest absolute Gasteiger partial charge is 0.476 e. The van der Waals surface area contributed by atoms with Crippen LogP contribution in [0.25, 0.3) is 0 Å². The molecule has 0 unspecified atom stereocenters. The van der Waals surface area contributed by atoms with Crippen molar-refractivity contribution in [3.05, 3.63) is 17.0 Å². The fourth-order valence-electron chi connectivity index (χ4n) is 1.10. The van der Waals surface area contributed by atoms with Gasteiger partial charge in [0.1, 0.15) is 5.56 Å². The van der Waals surface area contributed by atoms with Crippen LogP contribution in [0.5, 0.6) is 0 Å². The zero-order chi connectivity index (χ0) is 13.2. The van der Waals surface area contributed by atoms with E-state index in [1.807, 2.05) is 0 Å². The predicted octanol–water partition coefficient (Wildman–Crippen LogP) is 1.30. The lowest BCUT2D eigenvalue weighted by atomic mass is 10.1. The number of alkyl halides is 3. The number of aromatic nitrogens is 2. The van der Waals surface area contributed by atoms with Gasteiger partial charge >= 0.3 is 18.1 Å². The summed E-state index contributed by atoms with van der Waals surface area (Å²) in [4.78, 5) is 21.9. The van der Waals surface area contributed by atoms with Gasteiger partial charge in [0.05, 0.1) is 6.61 Å². The molecule has 0 fully saturated rings. The number of carbonyl (C=O) groups excluding carboxylic acids is 1. The van der Waals surface area contributed by atoms with Crippen molar-refractivity contribution in [1.29, 1.82) is 0 Å². The van der Waals surface area contributed by atoms with Gasteiger partial charge in [-0.2, -0.15) is 18.3 Å². The van der Waals surface area contributed by atoms with Crippen molar-refractivity contribution >= 4 is 11.9 Å². The number of H-pyrrole nitrogens is 1. The lowest BCUT2D eigenvalue weighted by molar-refractivity contribution is -0.141. The average Bonchev–Trinajstić information content (AvgIpc) is 2.60. The second-order valence-electron chi connectivity index (χ2n) is 2.85. The smallest absolute Gasteiger partial charge is 0.433 e. The maximum Gasteiger partial charge on any atom is 0.433 e. The quantitative estimate of drug-likeness (QED) is 0.791. The molecular formula is C8H7F3N2O4. The Hall–Kier alpha value is -2.06. The summed E-state index contributed by atoms with van der Waals surface area (Å²) in [5, 5.41) is 13.0. The molecule has 17 heavy (non-hydrogen) atoms. The van der Waals surface area contributed by atoms with Gasteiger partial charge in [-0.3, -0.25) is 5.10 Å². The highest BCUT2D eigenvalue weighted by Crippen LogP contribution is 2.32. The molecule has 1 aromatic heterocycles. The molecule has 0 atom stereocenters. The van der Waals surface area contributed by atoms with Crippen LogP contribution in [0.2, 0.25) is 0 Å². The van der Waals surface area contributed by atoms with E-state index in [1.54, 1.807) is 0 Å². The first-order chi connectivity index (χ1) is 7.79. The molecule has 1 rings (SSSR count). The Bertz CT molecular complexity index is 452. The molecule has 0 aliphatic rings. The summed E-state index contributed by atoms with van der Waals surface area (Å²) in [5.74, 6) is -3.13.